The van der Waals surface area contributed by atoms with Crippen LogP contribution in [0.3, 0.4) is 0 Å². The second-order valence-electron chi connectivity index (χ2n) is 5.81. The van der Waals surface area contributed by atoms with Crippen molar-refractivity contribution < 1.29 is 17.5 Å². The number of hydrogen-bond donors (Lipinski definition) is 0. The number of fused-ring (bicyclic) bond motifs is 2. The van der Waals surface area contributed by atoms with Crippen molar-refractivity contribution in [2.24, 2.45) is 7.05 Å². The van der Waals surface area contributed by atoms with Crippen molar-refractivity contribution in [3.63, 3.8) is 0 Å². The summed E-state index contributed by atoms with van der Waals surface area (Å²) < 4.78 is 30.8. The number of thioether (sulfide) groups is 1. The molecule has 4 nitrogen and oxygen atoms in total. The van der Waals surface area contributed by atoms with Gasteiger partial charge in [-0.2, -0.15) is 4.57 Å². The highest BCUT2D eigenvalue weighted by molar-refractivity contribution is 8.03. The third-order valence-corrected chi connectivity index (χ3v) is 6.20. The number of halogens is 1. The minimum Gasteiger partial charge on any atom is -0.748 e. The molecule has 0 unspecified atom stereocenters. The van der Waals surface area contributed by atoms with Gasteiger partial charge in [0.1, 0.15) is 11.7 Å². The number of rotatable bonds is 1. The summed E-state index contributed by atoms with van der Waals surface area (Å²) in [4.78, 5) is 2.39. The lowest BCUT2D eigenvalue weighted by Gasteiger charge is -2.14. The van der Waals surface area contributed by atoms with E-state index in [-0.39, 0.29) is 0 Å². The maximum Gasteiger partial charge on any atom is 0.263 e. The van der Waals surface area contributed by atoms with E-state index in [2.05, 4.69) is 66.2 Å². The number of aromatic nitrogens is 1. The van der Waals surface area contributed by atoms with Crippen LogP contribution in [-0.4, -0.2) is 19.2 Å². The highest BCUT2D eigenvalue weighted by Gasteiger charge is 2.18. The van der Waals surface area contributed by atoms with Gasteiger partial charge in [0.15, 0.2) is 0 Å². The number of hydrogen-bond acceptors (Lipinski definition) is 5. The van der Waals surface area contributed by atoms with E-state index in [1.165, 1.54) is 25.0 Å². The summed E-state index contributed by atoms with van der Waals surface area (Å²) >= 11 is 10.00. The Morgan fingerprint density at radius 1 is 1.11 bits per heavy atom. The second kappa shape index (κ2) is 8.16. The van der Waals surface area contributed by atoms with Crippen LogP contribution in [-0.2, 0) is 17.2 Å². The Kier molecular flexibility index (Phi) is 6.08. The monoisotopic (exact) mass is 437 g/mol. The number of aryl methyl sites for hydroxylation is 1. The van der Waals surface area contributed by atoms with E-state index in [0.717, 1.165) is 10.6 Å². The Hall–Kier alpha value is -1.64. The third kappa shape index (κ3) is 5.21. The Morgan fingerprint density at radius 2 is 1.74 bits per heavy atom. The predicted molar refractivity (Wildman–Crippen MR) is 113 cm³/mol. The SMILES string of the molecule is CS(=O)(=O)[O-].C[n+]1c(/C=C2\C=C(Cl)c3ccccc3S2)sc2ccccc21. The van der Waals surface area contributed by atoms with E-state index < -0.39 is 10.1 Å². The zero-order valence-corrected chi connectivity index (χ0v) is 17.8. The average molecular weight is 438 g/mol. The standard InChI is InChI=1S/C18H13ClNS2.CH4O3S/c1-20-15-7-3-5-9-17(15)22-18(20)11-12-10-14(19)13-6-2-4-8-16(13)21-12;1-5(2,3)4/h2-11H,1H3;1H3,(H,2,3,4)/q+1;/p-1/b12-11+;. The molecule has 0 radical (unpaired) electrons. The molecule has 0 saturated carbocycles. The van der Waals surface area contributed by atoms with Gasteiger partial charge in [0.2, 0.25) is 5.52 Å². The van der Waals surface area contributed by atoms with Crippen LogP contribution in [0, 0.1) is 0 Å². The fourth-order valence-corrected chi connectivity index (χ4v) is 5.17. The van der Waals surface area contributed by atoms with Gasteiger partial charge < -0.3 is 4.55 Å². The van der Waals surface area contributed by atoms with Gasteiger partial charge in [-0.25, -0.2) is 8.42 Å². The number of nitrogens with zero attached hydrogens (tertiary/aromatic N) is 1. The second-order valence-corrected chi connectivity index (χ2v) is 9.80. The number of thiazole rings is 1. The summed E-state index contributed by atoms with van der Waals surface area (Å²) in [6.45, 7) is 0. The van der Waals surface area contributed by atoms with Crippen LogP contribution < -0.4 is 4.57 Å². The lowest BCUT2D eigenvalue weighted by atomic mass is 10.2. The lowest BCUT2D eigenvalue weighted by Crippen LogP contribution is -2.28. The normalized spacial score (nSPS) is 15.1. The Morgan fingerprint density at radius 3 is 2.44 bits per heavy atom. The maximum absolute atomic E-state index is 9.08. The Bertz CT molecular complexity index is 1160. The molecule has 140 valence electrons. The van der Waals surface area contributed by atoms with Crippen molar-refractivity contribution in [1.29, 1.82) is 0 Å². The van der Waals surface area contributed by atoms with E-state index >= 15 is 0 Å². The van der Waals surface area contributed by atoms with Crippen LogP contribution >= 0.6 is 34.7 Å². The summed E-state index contributed by atoms with van der Waals surface area (Å²) in [5.41, 5.74) is 2.38. The predicted octanol–water partition coefficient (Wildman–Crippen LogP) is 4.61. The largest absolute Gasteiger partial charge is 0.748 e. The zero-order chi connectivity index (χ0) is 19.6. The fraction of sp³-hybridized carbons (Fsp3) is 0.105. The van der Waals surface area contributed by atoms with Gasteiger partial charge in [0, 0.05) is 33.8 Å². The van der Waals surface area contributed by atoms with Crippen LogP contribution in [0.4, 0.5) is 0 Å². The van der Waals surface area contributed by atoms with E-state index in [1.54, 1.807) is 23.1 Å². The molecule has 8 heteroatoms. The molecule has 0 fully saturated rings. The minimum atomic E-state index is -3.92. The van der Waals surface area contributed by atoms with E-state index in [9.17, 15) is 0 Å². The van der Waals surface area contributed by atoms with Gasteiger partial charge >= 0.3 is 0 Å². The number of allylic oxidation sites excluding steroid dienone is 1. The van der Waals surface area contributed by atoms with Gasteiger partial charge in [-0.3, -0.25) is 0 Å². The molecule has 0 bridgehead atoms. The van der Waals surface area contributed by atoms with Gasteiger partial charge in [0.05, 0.1) is 15.2 Å². The topological polar surface area (TPSA) is 61.1 Å². The molecule has 1 aromatic heterocycles. The highest BCUT2D eigenvalue weighted by Crippen LogP contribution is 2.42. The first-order valence-electron chi connectivity index (χ1n) is 7.87. The molecule has 2 aromatic carbocycles. The third-order valence-electron chi connectivity index (χ3n) is 3.68. The highest BCUT2D eigenvalue weighted by atomic mass is 35.5. The van der Waals surface area contributed by atoms with E-state index in [1.807, 2.05) is 6.07 Å². The zero-order valence-electron chi connectivity index (χ0n) is 14.5. The molecule has 0 atom stereocenters. The molecule has 4 rings (SSSR count). The number of para-hydroxylation sites is 1. The summed E-state index contributed by atoms with van der Waals surface area (Å²) in [5, 5.41) is 2.04. The van der Waals surface area contributed by atoms with Crippen molar-refractivity contribution in [1.82, 2.24) is 0 Å². The Balaban J connectivity index is 0.000000376. The Labute approximate surface area is 171 Å². The van der Waals surface area contributed by atoms with E-state index in [4.69, 9.17) is 24.6 Å². The van der Waals surface area contributed by atoms with E-state index in [0.29, 0.717) is 6.26 Å². The average Bonchev–Trinajstić information content (AvgIpc) is 2.90. The maximum atomic E-state index is 9.08. The van der Waals surface area contributed by atoms with Crippen molar-refractivity contribution >= 4 is 66.1 Å². The molecule has 0 amide bonds. The summed E-state index contributed by atoms with van der Waals surface area (Å²) in [6, 6.07) is 16.7. The van der Waals surface area contributed by atoms with Crippen molar-refractivity contribution in [3.8, 4) is 0 Å². The van der Waals surface area contributed by atoms with Crippen molar-refractivity contribution in [2.75, 3.05) is 6.26 Å². The van der Waals surface area contributed by atoms with Crippen molar-refractivity contribution in [2.45, 2.75) is 4.90 Å². The lowest BCUT2D eigenvalue weighted by molar-refractivity contribution is -0.642. The molecule has 1 aliphatic heterocycles. The van der Waals surface area contributed by atoms with Gasteiger partial charge in [-0.05, 0) is 18.2 Å². The van der Waals surface area contributed by atoms with Crippen LogP contribution in [0.2, 0.25) is 0 Å². The van der Waals surface area contributed by atoms with Crippen LogP contribution in [0.1, 0.15) is 10.6 Å². The van der Waals surface area contributed by atoms with Gasteiger partial charge in [0.25, 0.3) is 5.01 Å². The van der Waals surface area contributed by atoms with Crippen LogP contribution in [0.5, 0.6) is 0 Å². The van der Waals surface area contributed by atoms with Crippen molar-refractivity contribution in [3.05, 3.63) is 70.1 Å². The smallest absolute Gasteiger partial charge is 0.263 e. The first-order valence-corrected chi connectivity index (χ1v) is 11.7. The van der Waals surface area contributed by atoms with Crippen LogP contribution in [0.25, 0.3) is 21.3 Å². The first kappa shape index (κ1) is 20.1. The molecule has 0 spiro atoms. The molecular weight excluding hydrogens is 422 g/mol. The summed E-state index contributed by atoms with van der Waals surface area (Å²) in [6.07, 6.45) is 4.87. The molecule has 27 heavy (non-hydrogen) atoms. The molecule has 2 heterocycles. The first-order chi connectivity index (χ1) is 12.7. The molecule has 0 saturated heterocycles. The molecule has 1 aliphatic rings. The minimum absolute atomic E-state index is 0.604. The molecular formula is C19H16ClNO3S3. The van der Waals surface area contributed by atoms with Crippen LogP contribution in [0.15, 0.2) is 64.4 Å². The molecule has 0 N–H and O–H groups in total. The van der Waals surface area contributed by atoms with Gasteiger partial charge in [-0.15, -0.1) is 0 Å². The summed E-state index contributed by atoms with van der Waals surface area (Å²) in [7, 11) is -1.81. The summed E-state index contributed by atoms with van der Waals surface area (Å²) in [5.74, 6) is 0. The quantitative estimate of drug-likeness (QED) is 0.412. The molecule has 0 aliphatic carbocycles. The fourth-order valence-electron chi connectivity index (χ4n) is 2.55. The molecule has 3 aromatic rings. The van der Waals surface area contributed by atoms with Gasteiger partial charge in [-0.1, -0.05) is 65.0 Å². The number of benzene rings is 2.